The molecule has 7 heteroatoms. The molecule has 2 rings (SSSR count). The van der Waals surface area contributed by atoms with Gasteiger partial charge in [0.2, 0.25) is 0 Å². The first-order valence-electron chi connectivity index (χ1n) is 7.11. The molecule has 0 fully saturated rings. The van der Waals surface area contributed by atoms with Crippen LogP contribution in [0.3, 0.4) is 0 Å². The number of halogens is 4. The first kappa shape index (κ1) is 17.7. The molecule has 0 atom stereocenters. The highest BCUT2D eigenvalue weighted by atomic mass is 19.2. The SMILES string of the molecule is CCCN(C(=O)c1ccc(F)c(F)c1)C(=O)c1ccc(F)c(F)c1. The molecule has 126 valence electrons. The molecule has 0 spiro atoms. The van der Waals surface area contributed by atoms with E-state index in [4.69, 9.17) is 0 Å². The Morgan fingerprint density at radius 2 is 1.21 bits per heavy atom. The lowest BCUT2D eigenvalue weighted by molar-refractivity contribution is 0.0615. The van der Waals surface area contributed by atoms with Crippen LogP contribution in [0.1, 0.15) is 34.1 Å². The zero-order valence-electron chi connectivity index (χ0n) is 12.7. The Kier molecular flexibility index (Phi) is 5.33. The van der Waals surface area contributed by atoms with Crippen LogP contribution in [0.25, 0.3) is 0 Å². The third-order valence-electron chi connectivity index (χ3n) is 3.27. The molecule has 2 aromatic carbocycles. The van der Waals surface area contributed by atoms with Crippen molar-refractivity contribution in [2.45, 2.75) is 13.3 Å². The smallest absolute Gasteiger partial charge is 0.260 e. The minimum atomic E-state index is -1.22. The highest BCUT2D eigenvalue weighted by Crippen LogP contribution is 2.16. The zero-order chi connectivity index (χ0) is 17.9. The van der Waals surface area contributed by atoms with Gasteiger partial charge in [0.15, 0.2) is 23.3 Å². The van der Waals surface area contributed by atoms with E-state index in [-0.39, 0.29) is 17.7 Å². The topological polar surface area (TPSA) is 37.4 Å². The van der Waals surface area contributed by atoms with Gasteiger partial charge in [0.1, 0.15) is 0 Å². The zero-order valence-corrected chi connectivity index (χ0v) is 12.7. The van der Waals surface area contributed by atoms with Crippen LogP contribution in [0.2, 0.25) is 0 Å². The first-order valence-corrected chi connectivity index (χ1v) is 7.11. The Morgan fingerprint density at radius 1 is 0.792 bits per heavy atom. The predicted octanol–water partition coefficient (Wildman–Crippen LogP) is 3.94. The van der Waals surface area contributed by atoms with E-state index in [9.17, 15) is 27.2 Å². The summed E-state index contributed by atoms with van der Waals surface area (Å²) < 4.78 is 52.5. The standard InChI is InChI=1S/C17H13F4NO2/c1-2-7-22(16(23)10-3-5-12(18)14(20)8-10)17(24)11-4-6-13(19)15(21)9-11/h3-6,8-9H,2,7H2,1H3. The number of imide groups is 1. The van der Waals surface area contributed by atoms with Crippen LogP contribution in [0.5, 0.6) is 0 Å². The average Bonchev–Trinajstić information content (AvgIpc) is 2.56. The molecule has 0 radical (unpaired) electrons. The van der Waals surface area contributed by atoms with Gasteiger partial charge in [-0.3, -0.25) is 14.5 Å². The van der Waals surface area contributed by atoms with E-state index in [0.29, 0.717) is 18.6 Å². The van der Waals surface area contributed by atoms with Crippen molar-refractivity contribution < 1.29 is 27.2 Å². The maximum absolute atomic E-state index is 13.3. The second-order valence-electron chi connectivity index (χ2n) is 5.02. The van der Waals surface area contributed by atoms with Crippen LogP contribution in [0.4, 0.5) is 17.6 Å². The van der Waals surface area contributed by atoms with Crippen LogP contribution in [-0.2, 0) is 0 Å². The fourth-order valence-electron chi connectivity index (χ4n) is 2.09. The summed E-state index contributed by atoms with van der Waals surface area (Å²) in [5.74, 6) is -6.41. The lowest BCUT2D eigenvalue weighted by Crippen LogP contribution is -2.37. The van der Waals surface area contributed by atoms with Gasteiger partial charge in [-0.15, -0.1) is 0 Å². The van der Waals surface area contributed by atoms with Gasteiger partial charge in [0.05, 0.1) is 0 Å². The molecule has 0 N–H and O–H groups in total. The number of rotatable bonds is 4. The summed E-state index contributed by atoms with van der Waals surface area (Å²) in [5, 5.41) is 0. The van der Waals surface area contributed by atoms with Crippen molar-refractivity contribution in [3.8, 4) is 0 Å². The Morgan fingerprint density at radius 3 is 1.54 bits per heavy atom. The maximum Gasteiger partial charge on any atom is 0.260 e. The van der Waals surface area contributed by atoms with Crippen molar-refractivity contribution in [2.75, 3.05) is 6.54 Å². The van der Waals surface area contributed by atoms with Crippen LogP contribution in [0, 0.1) is 23.3 Å². The van der Waals surface area contributed by atoms with E-state index >= 15 is 0 Å². The number of nitrogens with zero attached hydrogens (tertiary/aromatic N) is 1. The second kappa shape index (κ2) is 7.25. The fourth-order valence-corrected chi connectivity index (χ4v) is 2.09. The summed E-state index contributed by atoms with van der Waals surface area (Å²) in [5.41, 5.74) is -0.448. The quantitative estimate of drug-likeness (QED) is 0.625. The van der Waals surface area contributed by atoms with Crippen molar-refractivity contribution in [1.29, 1.82) is 0 Å². The van der Waals surface area contributed by atoms with Gasteiger partial charge in [0.25, 0.3) is 11.8 Å². The molecular formula is C17H13F4NO2. The Bertz CT molecular complexity index is 729. The van der Waals surface area contributed by atoms with E-state index in [1.54, 1.807) is 6.92 Å². The molecule has 0 heterocycles. The summed E-state index contributed by atoms with van der Waals surface area (Å²) in [6.45, 7) is 1.68. The average molecular weight is 339 g/mol. The summed E-state index contributed by atoms with van der Waals surface area (Å²) >= 11 is 0. The van der Waals surface area contributed by atoms with Gasteiger partial charge in [-0.25, -0.2) is 17.6 Å². The van der Waals surface area contributed by atoms with E-state index in [1.807, 2.05) is 0 Å². The minimum Gasteiger partial charge on any atom is -0.274 e. The summed E-state index contributed by atoms with van der Waals surface area (Å²) in [6, 6.07) is 4.99. The van der Waals surface area contributed by atoms with Gasteiger partial charge >= 0.3 is 0 Å². The lowest BCUT2D eigenvalue weighted by atomic mass is 10.1. The van der Waals surface area contributed by atoms with Crippen LogP contribution in [-0.4, -0.2) is 23.3 Å². The molecule has 0 unspecified atom stereocenters. The minimum absolute atomic E-state index is 0.0182. The van der Waals surface area contributed by atoms with Crippen molar-refractivity contribution >= 4 is 11.8 Å². The molecule has 0 aromatic heterocycles. The summed E-state index contributed by atoms with van der Waals surface area (Å²) in [6.07, 6.45) is 0.394. The number of carbonyl (C=O) groups excluding carboxylic acids is 2. The predicted molar refractivity (Wildman–Crippen MR) is 78.4 cm³/mol. The Hall–Kier alpha value is -2.70. The van der Waals surface area contributed by atoms with Crippen LogP contribution in [0.15, 0.2) is 36.4 Å². The van der Waals surface area contributed by atoms with Crippen molar-refractivity contribution in [1.82, 2.24) is 4.90 Å². The highest BCUT2D eigenvalue weighted by molar-refractivity contribution is 6.10. The Balaban J connectivity index is 2.36. The van der Waals surface area contributed by atoms with E-state index in [2.05, 4.69) is 0 Å². The third kappa shape index (κ3) is 3.61. The number of hydrogen-bond acceptors (Lipinski definition) is 2. The van der Waals surface area contributed by atoms with Crippen molar-refractivity contribution in [2.24, 2.45) is 0 Å². The van der Waals surface area contributed by atoms with E-state index in [1.165, 1.54) is 0 Å². The van der Waals surface area contributed by atoms with E-state index < -0.39 is 35.1 Å². The third-order valence-corrected chi connectivity index (χ3v) is 3.27. The molecule has 0 aliphatic carbocycles. The molecule has 0 bridgehead atoms. The number of amides is 2. The summed E-state index contributed by atoms with van der Waals surface area (Å²) in [7, 11) is 0. The van der Waals surface area contributed by atoms with Crippen molar-refractivity contribution in [3.05, 3.63) is 70.8 Å². The molecule has 0 saturated heterocycles. The molecule has 0 aliphatic rings. The maximum atomic E-state index is 13.3. The van der Waals surface area contributed by atoms with Gasteiger partial charge in [-0.05, 0) is 42.8 Å². The number of carbonyl (C=O) groups is 2. The van der Waals surface area contributed by atoms with Gasteiger partial charge in [-0.1, -0.05) is 6.92 Å². The van der Waals surface area contributed by atoms with Gasteiger partial charge in [-0.2, -0.15) is 0 Å². The van der Waals surface area contributed by atoms with Crippen LogP contribution < -0.4 is 0 Å². The second-order valence-corrected chi connectivity index (χ2v) is 5.02. The number of hydrogen-bond donors (Lipinski definition) is 0. The molecule has 3 nitrogen and oxygen atoms in total. The largest absolute Gasteiger partial charge is 0.274 e. The van der Waals surface area contributed by atoms with Gasteiger partial charge < -0.3 is 0 Å². The summed E-state index contributed by atoms with van der Waals surface area (Å²) in [4.78, 5) is 25.6. The normalized spacial score (nSPS) is 10.5. The van der Waals surface area contributed by atoms with Crippen LogP contribution >= 0.6 is 0 Å². The fraction of sp³-hybridized carbons (Fsp3) is 0.176. The molecule has 24 heavy (non-hydrogen) atoms. The molecule has 0 saturated carbocycles. The van der Waals surface area contributed by atoms with Crippen molar-refractivity contribution in [3.63, 3.8) is 0 Å². The lowest BCUT2D eigenvalue weighted by Gasteiger charge is -2.20. The van der Waals surface area contributed by atoms with E-state index in [0.717, 1.165) is 29.2 Å². The highest BCUT2D eigenvalue weighted by Gasteiger charge is 2.25. The molecule has 2 aromatic rings. The monoisotopic (exact) mass is 339 g/mol. The molecule has 2 amide bonds. The molecule has 0 aliphatic heterocycles. The first-order chi connectivity index (χ1) is 11.3. The molecular weight excluding hydrogens is 326 g/mol. The number of benzene rings is 2. The Labute approximate surface area is 135 Å². The van der Waals surface area contributed by atoms with Gasteiger partial charge in [0, 0.05) is 17.7 Å².